The molecule has 1 aromatic rings. The molecule has 19 heavy (non-hydrogen) atoms. The van der Waals surface area contributed by atoms with Gasteiger partial charge in [0.1, 0.15) is 5.75 Å². The van der Waals surface area contributed by atoms with Crippen molar-refractivity contribution in [1.29, 1.82) is 0 Å². The van der Waals surface area contributed by atoms with Crippen LogP contribution in [0.3, 0.4) is 0 Å². The highest BCUT2D eigenvalue weighted by atomic mass is 16.5. The monoisotopic (exact) mass is 263 g/mol. The van der Waals surface area contributed by atoms with E-state index >= 15 is 0 Å². The molecule has 2 rings (SSSR count). The lowest BCUT2D eigenvalue weighted by Crippen LogP contribution is -2.25. The van der Waals surface area contributed by atoms with Crippen molar-refractivity contribution in [3.8, 4) is 5.75 Å². The molecule has 0 radical (unpaired) electrons. The number of aliphatic hydroxyl groups excluding tert-OH is 1. The predicted molar refractivity (Wildman–Crippen MR) is 77.6 cm³/mol. The molecule has 2 unspecified atom stereocenters. The van der Waals surface area contributed by atoms with Gasteiger partial charge in [-0.1, -0.05) is 19.1 Å². The molecule has 2 atom stereocenters. The van der Waals surface area contributed by atoms with Gasteiger partial charge >= 0.3 is 0 Å². The first-order valence-electron chi connectivity index (χ1n) is 7.35. The van der Waals surface area contributed by atoms with Crippen LogP contribution in [0.15, 0.2) is 18.2 Å². The van der Waals surface area contributed by atoms with Gasteiger partial charge in [0.25, 0.3) is 0 Å². The molecule has 0 bridgehead atoms. The van der Waals surface area contributed by atoms with Crippen molar-refractivity contribution in [2.75, 3.05) is 13.2 Å². The van der Waals surface area contributed by atoms with Gasteiger partial charge in [0.2, 0.25) is 0 Å². The average molecular weight is 263 g/mol. The molecular formula is C16H25NO2. The van der Waals surface area contributed by atoms with E-state index in [1.54, 1.807) is 0 Å². The molecule has 0 aliphatic carbocycles. The second-order valence-electron chi connectivity index (χ2n) is 5.39. The van der Waals surface area contributed by atoms with E-state index in [0.29, 0.717) is 6.04 Å². The van der Waals surface area contributed by atoms with Crippen LogP contribution in [-0.4, -0.2) is 24.4 Å². The summed E-state index contributed by atoms with van der Waals surface area (Å²) in [5, 5.41) is 13.2. The second-order valence-corrected chi connectivity index (χ2v) is 5.39. The molecule has 0 spiro atoms. The minimum atomic E-state index is -0.188. The molecule has 0 saturated heterocycles. The highest BCUT2D eigenvalue weighted by molar-refractivity contribution is 5.39. The summed E-state index contributed by atoms with van der Waals surface area (Å²) < 4.78 is 5.82. The number of aliphatic hydroxyl groups is 1. The quantitative estimate of drug-likeness (QED) is 0.858. The molecule has 1 aliphatic rings. The molecule has 0 aromatic heterocycles. The standard InChI is InChI=1S/C16H25NO2/c1-3-13(18)8-9-17-15-5-4-10-19-16-11-12(2)6-7-14(15)16/h6-7,11,13,15,17-18H,3-5,8-10H2,1-2H3. The zero-order valence-corrected chi connectivity index (χ0v) is 12.0. The van der Waals surface area contributed by atoms with Crippen LogP contribution in [0, 0.1) is 6.92 Å². The summed E-state index contributed by atoms with van der Waals surface area (Å²) in [6.07, 6.45) is 3.62. The summed E-state index contributed by atoms with van der Waals surface area (Å²) >= 11 is 0. The third-order valence-corrected chi connectivity index (χ3v) is 3.78. The van der Waals surface area contributed by atoms with Crippen molar-refractivity contribution in [3.05, 3.63) is 29.3 Å². The molecular weight excluding hydrogens is 238 g/mol. The van der Waals surface area contributed by atoms with E-state index in [9.17, 15) is 5.11 Å². The molecule has 1 aliphatic heterocycles. The Labute approximate surface area is 116 Å². The lowest BCUT2D eigenvalue weighted by Gasteiger charge is -2.19. The molecule has 106 valence electrons. The van der Waals surface area contributed by atoms with Crippen molar-refractivity contribution < 1.29 is 9.84 Å². The lowest BCUT2D eigenvalue weighted by molar-refractivity contribution is 0.158. The van der Waals surface area contributed by atoms with Crippen molar-refractivity contribution in [3.63, 3.8) is 0 Å². The summed E-state index contributed by atoms with van der Waals surface area (Å²) in [6.45, 7) is 5.76. The van der Waals surface area contributed by atoms with Crippen LogP contribution in [0.25, 0.3) is 0 Å². The van der Waals surface area contributed by atoms with Crippen LogP contribution < -0.4 is 10.1 Å². The second kappa shape index (κ2) is 6.92. The summed E-state index contributed by atoms with van der Waals surface area (Å²) in [4.78, 5) is 0. The first-order valence-corrected chi connectivity index (χ1v) is 7.35. The first-order chi connectivity index (χ1) is 9.20. The fourth-order valence-electron chi connectivity index (χ4n) is 2.52. The van der Waals surface area contributed by atoms with Crippen molar-refractivity contribution in [2.24, 2.45) is 0 Å². The average Bonchev–Trinajstić information content (AvgIpc) is 2.60. The molecule has 3 nitrogen and oxygen atoms in total. The number of benzene rings is 1. The number of hydrogen-bond donors (Lipinski definition) is 2. The summed E-state index contributed by atoms with van der Waals surface area (Å²) in [7, 11) is 0. The van der Waals surface area contributed by atoms with Gasteiger partial charge in [0.15, 0.2) is 0 Å². The topological polar surface area (TPSA) is 41.5 Å². The Morgan fingerprint density at radius 1 is 1.47 bits per heavy atom. The SMILES string of the molecule is CCC(O)CCNC1CCCOc2cc(C)ccc21. The Hall–Kier alpha value is -1.06. The first kappa shape index (κ1) is 14.4. The van der Waals surface area contributed by atoms with Gasteiger partial charge in [-0.25, -0.2) is 0 Å². The van der Waals surface area contributed by atoms with Gasteiger partial charge in [-0.3, -0.25) is 0 Å². The number of hydrogen-bond acceptors (Lipinski definition) is 3. The smallest absolute Gasteiger partial charge is 0.124 e. The number of nitrogens with one attached hydrogen (secondary N) is 1. The third-order valence-electron chi connectivity index (χ3n) is 3.78. The van der Waals surface area contributed by atoms with Crippen molar-refractivity contribution >= 4 is 0 Å². The van der Waals surface area contributed by atoms with Crippen LogP contribution in [0.2, 0.25) is 0 Å². The Balaban J connectivity index is 2.01. The molecule has 1 aromatic carbocycles. The zero-order valence-electron chi connectivity index (χ0n) is 12.0. The molecule has 2 N–H and O–H groups in total. The summed E-state index contributed by atoms with van der Waals surface area (Å²) in [5.41, 5.74) is 2.50. The van der Waals surface area contributed by atoms with Crippen LogP contribution in [-0.2, 0) is 0 Å². The number of fused-ring (bicyclic) bond motifs is 1. The van der Waals surface area contributed by atoms with E-state index < -0.39 is 0 Å². The van der Waals surface area contributed by atoms with Gasteiger partial charge in [-0.15, -0.1) is 0 Å². The van der Waals surface area contributed by atoms with Crippen LogP contribution in [0.5, 0.6) is 5.75 Å². The Morgan fingerprint density at radius 2 is 2.32 bits per heavy atom. The van der Waals surface area contributed by atoms with Crippen LogP contribution in [0.4, 0.5) is 0 Å². The van der Waals surface area contributed by atoms with E-state index in [4.69, 9.17) is 4.74 Å². The minimum Gasteiger partial charge on any atom is -0.493 e. The highest BCUT2D eigenvalue weighted by Gasteiger charge is 2.19. The van der Waals surface area contributed by atoms with Gasteiger partial charge < -0.3 is 15.2 Å². The lowest BCUT2D eigenvalue weighted by atomic mass is 10.0. The van der Waals surface area contributed by atoms with Crippen molar-refractivity contribution in [2.45, 2.75) is 51.7 Å². The molecule has 1 heterocycles. The maximum absolute atomic E-state index is 9.61. The summed E-state index contributed by atoms with van der Waals surface area (Å²) in [5.74, 6) is 1.02. The van der Waals surface area contributed by atoms with Gasteiger partial charge in [-0.05, 0) is 50.8 Å². The van der Waals surface area contributed by atoms with Gasteiger partial charge in [0.05, 0.1) is 12.7 Å². The Kier molecular flexibility index (Phi) is 5.23. The predicted octanol–water partition coefficient (Wildman–Crippen LogP) is 2.96. The maximum Gasteiger partial charge on any atom is 0.124 e. The van der Waals surface area contributed by atoms with E-state index in [0.717, 1.165) is 44.6 Å². The maximum atomic E-state index is 9.61. The van der Waals surface area contributed by atoms with E-state index in [-0.39, 0.29) is 6.10 Å². The molecule has 0 fully saturated rings. The molecule has 0 amide bonds. The van der Waals surface area contributed by atoms with E-state index in [1.807, 2.05) is 6.92 Å². The van der Waals surface area contributed by atoms with E-state index in [1.165, 1.54) is 11.1 Å². The fraction of sp³-hybridized carbons (Fsp3) is 0.625. The highest BCUT2D eigenvalue weighted by Crippen LogP contribution is 2.32. The fourth-order valence-corrected chi connectivity index (χ4v) is 2.52. The minimum absolute atomic E-state index is 0.188. The Bertz CT molecular complexity index is 406. The number of ether oxygens (including phenoxy) is 1. The molecule has 3 heteroatoms. The van der Waals surface area contributed by atoms with Crippen molar-refractivity contribution in [1.82, 2.24) is 5.32 Å². The molecule has 0 saturated carbocycles. The van der Waals surface area contributed by atoms with Gasteiger partial charge in [0, 0.05) is 11.6 Å². The van der Waals surface area contributed by atoms with Crippen LogP contribution >= 0.6 is 0 Å². The number of aryl methyl sites for hydroxylation is 1. The zero-order chi connectivity index (χ0) is 13.7. The summed E-state index contributed by atoms with van der Waals surface area (Å²) in [6, 6.07) is 6.78. The van der Waals surface area contributed by atoms with E-state index in [2.05, 4.69) is 30.4 Å². The largest absolute Gasteiger partial charge is 0.493 e. The number of rotatable bonds is 5. The van der Waals surface area contributed by atoms with Gasteiger partial charge in [-0.2, -0.15) is 0 Å². The van der Waals surface area contributed by atoms with Crippen LogP contribution in [0.1, 0.15) is 49.8 Å². The third kappa shape index (κ3) is 3.95. The Morgan fingerprint density at radius 3 is 3.11 bits per heavy atom. The normalized spacial score (nSPS) is 20.3.